The van der Waals surface area contributed by atoms with E-state index in [0.717, 1.165) is 16.9 Å². The number of carbonyl (C=O) groups excluding carboxylic acids is 1. The van der Waals surface area contributed by atoms with Gasteiger partial charge in [0.1, 0.15) is 11.5 Å². The highest BCUT2D eigenvalue weighted by Gasteiger charge is 2.07. The fraction of sp³-hybridized carbons (Fsp3) is 0.105. The third-order valence-electron chi connectivity index (χ3n) is 3.56. The topological polar surface area (TPSA) is 66.9 Å². The molecule has 2 heterocycles. The van der Waals surface area contributed by atoms with Crippen molar-refractivity contribution < 1.29 is 9.18 Å². The highest BCUT2D eigenvalue weighted by Crippen LogP contribution is 2.08. The summed E-state index contributed by atoms with van der Waals surface area (Å²) in [5, 5.41) is 5.96. The fourth-order valence-electron chi connectivity index (χ4n) is 2.20. The van der Waals surface area contributed by atoms with Crippen molar-refractivity contribution in [1.29, 1.82) is 0 Å². The maximum atomic E-state index is 12.9. The number of rotatable bonds is 6. The maximum absolute atomic E-state index is 12.9. The first-order chi connectivity index (χ1) is 12.2. The fourth-order valence-corrected chi connectivity index (χ4v) is 2.20. The van der Waals surface area contributed by atoms with Gasteiger partial charge in [-0.1, -0.05) is 18.2 Å². The Kier molecular flexibility index (Phi) is 5.31. The van der Waals surface area contributed by atoms with E-state index in [-0.39, 0.29) is 11.7 Å². The number of anilines is 1. The summed E-state index contributed by atoms with van der Waals surface area (Å²) in [6.07, 6.45) is 3.35. The van der Waals surface area contributed by atoms with Crippen LogP contribution in [0.1, 0.15) is 21.7 Å². The molecule has 2 aromatic heterocycles. The van der Waals surface area contributed by atoms with Gasteiger partial charge in [-0.15, -0.1) is 0 Å². The van der Waals surface area contributed by atoms with Gasteiger partial charge in [-0.2, -0.15) is 0 Å². The van der Waals surface area contributed by atoms with E-state index in [4.69, 9.17) is 0 Å². The lowest BCUT2D eigenvalue weighted by atomic mass is 10.2. The zero-order valence-corrected chi connectivity index (χ0v) is 13.4. The number of aromatic nitrogens is 2. The van der Waals surface area contributed by atoms with Crippen molar-refractivity contribution in [3.63, 3.8) is 0 Å². The summed E-state index contributed by atoms with van der Waals surface area (Å²) in [5.41, 5.74) is 2.87. The van der Waals surface area contributed by atoms with Gasteiger partial charge in [0.25, 0.3) is 5.91 Å². The normalized spacial score (nSPS) is 10.3. The van der Waals surface area contributed by atoms with Gasteiger partial charge in [-0.05, 0) is 42.0 Å². The molecule has 3 rings (SSSR count). The van der Waals surface area contributed by atoms with Crippen LogP contribution >= 0.6 is 0 Å². The molecule has 2 N–H and O–H groups in total. The average molecular weight is 336 g/mol. The Morgan fingerprint density at radius 3 is 2.48 bits per heavy atom. The minimum absolute atomic E-state index is 0.277. The number of hydrogen-bond acceptors (Lipinski definition) is 4. The molecule has 0 spiro atoms. The number of benzene rings is 1. The lowest BCUT2D eigenvalue weighted by Crippen LogP contribution is -2.23. The Hall–Kier alpha value is -3.28. The summed E-state index contributed by atoms with van der Waals surface area (Å²) in [6, 6.07) is 15.2. The predicted octanol–water partition coefficient (Wildman–Crippen LogP) is 3.16. The van der Waals surface area contributed by atoms with Crippen molar-refractivity contribution in [3.8, 4) is 0 Å². The molecule has 1 amide bonds. The maximum Gasteiger partial charge on any atom is 0.270 e. The third kappa shape index (κ3) is 4.84. The Labute approximate surface area is 145 Å². The van der Waals surface area contributed by atoms with Crippen molar-refractivity contribution in [2.45, 2.75) is 13.1 Å². The van der Waals surface area contributed by atoms with Gasteiger partial charge in [0.05, 0.1) is 24.1 Å². The van der Waals surface area contributed by atoms with Gasteiger partial charge in [-0.3, -0.25) is 9.78 Å². The summed E-state index contributed by atoms with van der Waals surface area (Å²) in [6.45, 7) is 0.902. The van der Waals surface area contributed by atoms with Crippen molar-refractivity contribution in [3.05, 3.63) is 89.8 Å². The van der Waals surface area contributed by atoms with Crippen LogP contribution in [0.4, 0.5) is 10.1 Å². The minimum atomic E-state index is -0.300. The van der Waals surface area contributed by atoms with Crippen molar-refractivity contribution in [2.24, 2.45) is 0 Å². The molecule has 0 aliphatic carbocycles. The van der Waals surface area contributed by atoms with Crippen molar-refractivity contribution in [1.82, 2.24) is 15.3 Å². The van der Waals surface area contributed by atoms with E-state index in [9.17, 15) is 9.18 Å². The van der Waals surface area contributed by atoms with Crippen molar-refractivity contribution >= 4 is 11.6 Å². The molecule has 3 aromatic rings. The number of nitrogens with zero attached hydrogens (tertiary/aromatic N) is 2. The molecule has 0 radical (unpaired) electrons. The van der Waals surface area contributed by atoms with E-state index < -0.39 is 0 Å². The monoisotopic (exact) mass is 336 g/mol. The minimum Gasteiger partial charge on any atom is -0.378 e. The van der Waals surface area contributed by atoms with Crippen LogP contribution in [0.25, 0.3) is 0 Å². The number of carbonyl (C=O) groups is 1. The van der Waals surface area contributed by atoms with Crippen LogP contribution in [0.5, 0.6) is 0 Å². The van der Waals surface area contributed by atoms with Crippen LogP contribution in [0.3, 0.4) is 0 Å². The van der Waals surface area contributed by atoms with Gasteiger partial charge in [0.2, 0.25) is 0 Å². The number of halogens is 1. The number of nitrogens with one attached hydrogen (secondary N) is 2. The smallest absolute Gasteiger partial charge is 0.270 e. The molecule has 6 heteroatoms. The first kappa shape index (κ1) is 16.6. The van der Waals surface area contributed by atoms with E-state index >= 15 is 0 Å². The second-order valence-electron chi connectivity index (χ2n) is 5.42. The van der Waals surface area contributed by atoms with E-state index in [1.165, 1.54) is 12.1 Å². The average Bonchev–Trinajstić information content (AvgIpc) is 2.67. The highest BCUT2D eigenvalue weighted by molar-refractivity contribution is 5.92. The van der Waals surface area contributed by atoms with E-state index in [0.29, 0.717) is 18.8 Å². The van der Waals surface area contributed by atoms with Gasteiger partial charge in [0, 0.05) is 12.7 Å². The largest absolute Gasteiger partial charge is 0.378 e. The van der Waals surface area contributed by atoms with E-state index in [1.54, 1.807) is 36.7 Å². The van der Waals surface area contributed by atoms with Gasteiger partial charge >= 0.3 is 0 Å². The molecule has 126 valence electrons. The molecule has 0 atom stereocenters. The molecule has 0 saturated carbocycles. The highest BCUT2D eigenvalue weighted by atomic mass is 19.1. The van der Waals surface area contributed by atoms with E-state index in [1.807, 2.05) is 18.2 Å². The predicted molar refractivity (Wildman–Crippen MR) is 93.4 cm³/mol. The molecule has 0 aliphatic heterocycles. The summed E-state index contributed by atoms with van der Waals surface area (Å²) >= 11 is 0. The number of pyridine rings is 2. The van der Waals surface area contributed by atoms with Crippen LogP contribution in [0, 0.1) is 5.82 Å². The molecule has 5 nitrogen and oxygen atoms in total. The molecular formula is C19H17FN4O. The lowest BCUT2D eigenvalue weighted by Gasteiger charge is -2.07. The molecule has 25 heavy (non-hydrogen) atoms. The zero-order valence-electron chi connectivity index (χ0n) is 13.4. The Morgan fingerprint density at radius 1 is 0.960 bits per heavy atom. The molecule has 0 saturated heterocycles. The first-order valence-electron chi connectivity index (χ1n) is 7.83. The van der Waals surface area contributed by atoms with Gasteiger partial charge in [-0.25, -0.2) is 9.37 Å². The third-order valence-corrected chi connectivity index (χ3v) is 3.56. The Morgan fingerprint density at radius 2 is 1.80 bits per heavy atom. The molecule has 0 bridgehead atoms. The zero-order chi connectivity index (χ0) is 17.5. The standard InChI is InChI=1S/C19H17FN4O/c20-15-6-4-14(5-7-15)11-24-19(25)18-9-8-17(13-23-18)22-12-16-3-1-2-10-21-16/h1-10,13,22H,11-12H2,(H,24,25). The van der Waals surface area contributed by atoms with Crippen LogP contribution in [-0.4, -0.2) is 15.9 Å². The second kappa shape index (κ2) is 8.01. The summed E-state index contributed by atoms with van der Waals surface area (Å²) in [4.78, 5) is 20.5. The Bertz CT molecular complexity index is 820. The van der Waals surface area contributed by atoms with Crippen LogP contribution in [0.2, 0.25) is 0 Å². The number of amides is 1. The van der Waals surface area contributed by atoms with Gasteiger partial charge in [0.15, 0.2) is 0 Å². The second-order valence-corrected chi connectivity index (χ2v) is 5.42. The summed E-state index contributed by atoms with van der Waals surface area (Å²) in [7, 11) is 0. The van der Waals surface area contributed by atoms with Crippen LogP contribution in [-0.2, 0) is 13.1 Å². The molecule has 0 unspecified atom stereocenters. The van der Waals surface area contributed by atoms with Crippen LogP contribution in [0.15, 0.2) is 67.0 Å². The van der Waals surface area contributed by atoms with Gasteiger partial charge < -0.3 is 10.6 Å². The number of hydrogen-bond donors (Lipinski definition) is 2. The molecule has 0 fully saturated rings. The van der Waals surface area contributed by atoms with Crippen molar-refractivity contribution in [2.75, 3.05) is 5.32 Å². The molecule has 1 aromatic carbocycles. The Balaban J connectivity index is 1.52. The molecule has 0 aliphatic rings. The lowest BCUT2D eigenvalue weighted by molar-refractivity contribution is 0.0946. The summed E-state index contributed by atoms with van der Waals surface area (Å²) < 4.78 is 12.9. The summed E-state index contributed by atoms with van der Waals surface area (Å²) in [5.74, 6) is -0.578. The molecular weight excluding hydrogens is 319 g/mol. The van der Waals surface area contributed by atoms with Crippen LogP contribution < -0.4 is 10.6 Å². The van der Waals surface area contributed by atoms with E-state index in [2.05, 4.69) is 20.6 Å². The SMILES string of the molecule is O=C(NCc1ccc(F)cc1)c1ccc(NCc2ccccn2)cn1. The first-order valence-corrected chi connectivity index (χ1v) is 7.83. The quantitative estimate of drug-likeness (QED) is 0.726.